The number of fused-ring (bicyclic) bond motifs is 1. The molecule has 1 aromatic carbocycles. The average molecular weight is 281 g/mol. The van der Waals surface area contributed by atoms with Crippen LogP contribution in [-0.4, -0.2) is 33.1 Å². The first kappa shape index (κ1) is 13.8. The largest absolute Gasteiger partial charge is 0.395 e. The lowest BCUT2D eigenvalue weighted by atomic mass is 10.1. The molecule has 0 saturated carbocycles. The summed E-state index contributed by atoms with van der Waals surface area (Å²) in [5, 5.41) is 10.5. The molecule has 0 saturated heterocycles. The molecule has 0 spiro atoms. The molecule has 0 atom stereocenters. The van der Waals surface area contributed by atoms with Gasteiger partial charge < -0.3 is 10.1 Å². The van der Waals surface area contributed by atoms with E-state index in [-0.39, 0.29) is 6.61 Å². The highest BCUT2D eigenvalue weighted by Gasteiger charge is 2.09. The smallest absolute Gasteiger partial charge is 0.0558 e. The maximum Gasteiger partial charge on any atom is 0.0558 e. The molecule has 2 N–H and O–H groups in total. The van der Waals surface area contributed by atoms with Gasteiger partial charge in [-0.1, -0.05) is 18.2 Å². The molecule has 0 aliphatic rings. The zero-order chi connectivity index (χ0) is 14.5. The Morgan fingerprint density at radius 3 is 2.86 bits per heavy atom. The fraction of sp³-hybridized carbons (Fsp3) is 0.235. The number of benzene rings is 1. The van der Waals surface area contributed by atoms with Crippen molar-refractivity contribution < 1.29 is 5.11 Å². The van der Waals surface area contributed by atoms with Gasteiger partial charge in [0.1, 0.15) is 0 Å². The second-order valence-corrected chi connectivity index (χ2v) is 5.15. The molecular formula is C17H19N3O. The van der Waals surface area contributed by atoms with Crippen LogP contribution in [0.15, 0.2) is 55.0 Å². The van der Waals surface area contributed by atoms with Crippen LogP contribution in [0, 0.1) is 0 Å². The number of hydrogen-bond donors (Lipinski definition) is 2. The minimum Gasteiger partial charge on any atom is -0.395 e. The number of rotatable bonds is 6. The molecule has 3 aromatic rings. The van der Waals surface area contributed by atoms with Gasteiger partial charge in [-0.25, -0.2) is 0 Å². The Morgan fingerprint density at radius 1 is 1.10 bits per heavy atom. The topological polar surface area (TPSA) is 52.1 Å². The first-order chi connectivity index (χ1) is 10.4. The maximum absolute atomic E-state index is 9.30. The van der Waals surface area contributed by atoms with Gasteiger partial charge in [-0.3, -0.25) is 9.88 Å². The van der Waals surface area contributed by atoms with Crippen LogP contribution in [0.5, 0.6) is 0 Å². The van der Waals surface area contributed by atoms with Gasteiger partial charge in [-0.15, -0.1) is 0 Å². The molecule has 4 nitrogen and oxygen atoms in total. The van der Waals surface area contributed by atoms with Crippen molar-refractivity contribution in [1.29, 1.82) is 0 Å². The fourth-order valence-electron chi connectivity index (χ4n) is 2.63. The monoisotopic (exact) mass is 281 g/mol. The van der Waals surface area contributed by atoms with E-state index >= 15 is 0 Å². The summed E-state index contributed by atoms with van der Waals surface area (Å²) >= 11 is 0. The molecule has 0 aliphatic carbocycles. The lowest BCUT2D eigenvalue weighted by Gasteiger charge is -2.21. The Hall–Kier alpha value is -2.17. The number of hydrogen-bond acceptors (Lipinski definition) is 3. The first-order valence-electron chi connectivity index (χ1n) is 7.14. The Kier molecular flexibility index (Phi) is 4.28. The molecule has 2 heterocycles. The Morgan fingerprint density at radius 2 is 2.05 bits per heavy atom. The van der Waals surface area contributed by atoms with E-state index in [9.17, 15) is 5.11 Å². The van der Waals surface area contributed by atoms with Gasteiger partial charge in [0.15, 0.2) is 0 Å². The van der Waals surface area contributed by atoms with Crippen LogP contribution < -0.4 is 0 Å². The zero-order valence-electron chi connectivity index (χ0n) is 11.9. The summed E-state index contributed by atoms with van der Waals surface area (Å²) in [6.45, 7) is 2.40. The van der Waals surface area contributed by atoms with E-state index in [2.05, 4.69) is 45.2 Å². The van der Waals surface area contributed by atoms with Crippen LogP contribution in [0.1, 0.15) is 11.1 Å². The van der Waals surface area contributed by atoms with Crippen molar-refractivity contribution in [3.8, 4) is 0 Å². The number of aliphatic hydroxyl groups excluding tert-OH is 1. The van der Waals surface area contributed by atoms with Crippen molar-refractivity contribution in [3.05, 3.63) is 66.1 Å². The van der Waals surface area contributed by atoms with E-state index < -0.39 is 0 Å². The normalized spacial score (nSPS) is 11.3. The molecule has 0 fully saturated rings. The summed E-state index contributed by atoms with van der Waals surface area (Å²) in [7, 11) is 0. The van der Waals surface area contributed by atoms with Crippen LogP contribution in [0.4, 0.5) is 0 Å². The highest BCUT2D eigenvalue weighted by Crippen LogP contribution is 2.19. The highest BCUT2D eigenvalue weighted by molar-refractivity contribution is 5.82. The number of nitrogens with one attached hydrogen (secondary N) is 1. The van der Waals surface area contributed by atoms with E-state index in [1.54, 1.807) is 6.20 Å². The summed E-state index contributed by atoms with van der Waals surface area (Å²) in [6.07, 6.45) is 5.62. The number of aromatic nitrogens is 2. The third kappa shape index (κ3) is 3.29. The van der Waals surface area contributed by atoms with E-state index in [4.69, 9.17) is 0 Å². The minimum atomic E-state index is 0.156. The van der Waals surface area contributed by atoms with Crippen LogP contribution in [0.2, 0.25) is 0 Å². The Bertz CT molecular complexity index is 693. The maximum atomic E-state index is 9.30. The van der Waals surface area contributed by atoms with Crippen molar-refractivity contribution >= 4 is 10.9 Å². The highest BCUT2D eigenvalue weighted by atomic mass is 16.3. The standard InChI is InChI=1S/C17H19N3O/c21-10-9-20(12-14-3-2-7-18-11-14)13-15-4-1-5-17-16(15)6-8-19-17/h1-8,11,19,21H,9-10,12-13H2. The third-order valence-electron chi connectivity index (χ3n) is 3.62. The van der Waals surface area contributed by atoms with Crippen LogP contribution >= 0.6 is 0 Å². The van der Waals surface area contributed by atoms with Gasteiger partial charge in [0.25, 0.3) is 0 Å². The molecule has 0 amide bonds. The molecule has 4 heteroatoms. The molecule has 108 valence electrons. The molecule has 2 aromatic heterocycles. The second-order valence-electron chi connectivity index (χ2n) is 5.15. The minimum absolute atomic E-state index is 0.156. The molecule has 0 bridgehead atoms. The third-order valence-corrected chi connectivity index (χ3v) is 3.62. The first-order valence-corrected chi connectivity index (χ1v) is 7.14. The van der Waals surface area contributed by atoms with Crippen molar-refractivity contribution in [2.45, 2.75) is 13.1 Å². The molecule has 0 radical (unpaired) electrons. The van der Waals surface area contributed by atoms with Crippen LogP contribution in [-0.2, 0) is 13.1 Å². The van der Waals surface area contributed by atoms with E-state index in [1.807, 2.05) is 18.5 Å². The summed E-state index contributed by atoms with van der Waals surface area (Å²) in [6, 6.07) is 12.4. The molecule has 3 rings (SSSR count). The van der Waals surface area contributed by atoms with Crippen LogP contribution in [0.25, 0.3) is 10.9 Å². The number of H-pyrrole nitrogens is 1. The molecular weight excluding hydrogens is 262 g/mol. The van der Waals surface area contributed by atoms with E-state index in [0.717, 1.165) is 24.2 Å². The second kappa shape index (κ2) is 6.52. The fourth-order valence-corrected chi connectivity index (χ4v) is 2.63. The molecule has 21 heavy (non-hydrogen) atoms. The molecule has 0 aliphatic heterocycles. The average Bonchev–Trinajstić information content (AvgIpc) is 2.98. The van der Waals surface area contributed by atoms with Gasteiger partial charge >= 0.3 is 0 Å². The number of aliphatic hydroxyl groups is 1. The van der Waals surface area contributed by atoms with Crippen molar-refractivity contribution in [2.75, 3.05) is 13.2 Å². The zero-order valence-corrected chi connectivity index (χ0v) is 11.9. The summed E-state index contributed by atoms with van der Waals surface area (Å²) < 4.78 is 0. The SMILES string of the molecule is OCCN(Cc1cccnc1)Cc1cccc2[nH]ccc12. The predicted octanol–water partition coefficient (Wildman–Crippen LogP) is 2.56. The van der Waals surface area contributed by atoms with Gasteiger partial charge in [-0.2, -0.15) is 0 Å². The number of pyridine rings is 1. The predicted molar refractivity (Wildman–Crippen MR) is 83.7 cm³/mol. The summed E-state index contributed by atoms with van der Waals surface area (Å²) in [5.74, 6) is 0. The van der Waals surface area contributed by atoms with Crippen molar-refractivity contribution in [2.24, 2.45) is 0 Å². The quantitative estimate of drug-likeness (QED) is 0.730. The van der Waals surface area contributed by atoms with Crippen molar-refractivity contribution in [3.63, 3.8) is 0 Å². The lowest BCUT2D eigenvalue weighted by Crippen LogP contribution is -2.26. The number of nitrogens with zero attached hydrogens (tertiary/aromatic N) is 2. The van der Waals surface area contributed by atoms with E-state index in [1.165, 1.54) is 10.9 Å². The van der Waals surface area contributed by atoms with Gasteiger partial charge in [0.2, 0.25) is 0 Å². The van der Waals surface area contributed by atoms with Crippen molar-refractivity contribution in [1.82, 2.24) is 14.9 Å². The number of aromatic amines is 1. The van der Waals surface area contributed by atoms with Gasteiger partial charge in [-0.05, 0) is 29.3 Å². The van der Waals surface area contributed by atoms with Crippen LogP contribution in [0.3, 0.4) is 0 Å². The molecule has 0 unspecified atom stereocenters. The summed E-state index contributed by atoms with van der Waals surface area (Å²) in [4.78, 5) is 9.62. The van der Waals surface area contributed by atoms with Gasteiger partial charge in [0.05, 0.1) is 6.61 Å². The Balaban J connectivity index is 1.80. The van der Waals surface area contributed by atoms with Gasteiger partial charge in [0, 0.05) is 49.1 Å². The van der Waals surface area contributed by atoms with E-state index in [0.29, 0.717) is 6.54 Å². The lowest BCUT2D eigenvalue weighted by molar-refractivity contribution is 0.184. The summed E-state index contributed by atoms with van der Waals surface area (Å²) in [5.41, 5.74) is 3.58. The Labute approximate surface area is 124 Å².